The Morgan fingerprint density at radius 1 is 0.968 bits per heavy atom. The van der Waals surface area contributed by atoms with E-state index in [2.05, 4.69) is 5.32 Å². The van der Waals surface area contributed by atoms with E-state index in [1.54, 1.807) is 40.3 Å². The van der Waals surface area contributed by atoms with Crippen LogP contribution in [0.1, 0.15) is 26.7 Å². The van der Waals surface area contributed by atoms with Gasteiger partial charge in [0, 0.05) is 31.3 Å². The summed E-state index contributed by atoms with van der Waals surface area (Å²) in [6, 6.07) is 14.4. The molecule has 0 aliphatic heterocycles. The monoisotopic (exact) mass is 425 g/mol. The fourth-order valence-corrected chi connectivity index (χ4v) is 3.37. The van der Waals surface area contributed by atoms with Crippen molar-refractivity contribution in [1.29, 1.82) is 0 Å². The lowest BCUT2D eigenvalue weighted by atomic mass is 10.2. The second-order valence-electron chi connectivity index (χ2n) is 6.99. The molecule has 0 radical (unpaired) electrons. The molecule has 0 aliphatic rings. The van der Waals surface area contributed by atoms with Crippen LogP contribution in [0.4, 0.5) is 5.69 Å². The molecule has 0 unspecified atom stereocenters. The van der Waals surface area contributed by atoms with Gasteiger partial charge in [-0.1, -0.05) is 25.1 Å². The van der Waals surface area contributed by atoms with Gasteiger partial charge in [0.1, 0.15) is 5.75 Å². The lowest BCUT2D eigenvalue weighted by Gasteiger charge is -2.09. The number of benzene rings is 2. The van der Waals surface area contributed by atoms with Crippen LogP contribution in [0.2, 0.25) is 0 Å². The fourth-order valence-electron chi connectivity index (χ4n) is 3.37. The summed E-state index contributed by atoms with van der Waals surface area (Å²) in [4.78, 5) is 36.7. The maximum Gasteiger partial charge on any atom is 0.344 e. The molecule has 0 spiro atoms. The Kier molecular flexibility index (Phi) is 7.48. The molecule has 1 N–H and O–H groups in total. The van der Waals surface area contributed by atoms with Gasteiger partial charge in [-0.05, 0) is 37.6 Å². The van der Waals surface area contributed by atoms with Crippen LogP contribution < -0.4 is 15.7 Å². The summed E-state index contributed by atoms with van der Waals surface area (Å²) in [7, 11) is 0. The number of para-hydroxylation sites is 2. The lowest BCUT2D eigenvalue weighted by Crippen LogP contribution is -2.26. The maximum absolute atomic E-state index is 12.8. The molecule has 1 heterocycles. The second-order valence-corrected chi connectivity index (χ2v) is 6.99. The number of aromatic nitrogens is 2. The maximum atomic E-state index is 12.8. The van der Waals surface area contributed by atoms with E-state index in [4.69, 9.17) is 9.47 Å². The number of amides is 1. The van der Waals surface area contributed by atoms with Crippen molar-refractivity contribution in [2.45, 2.75) is 39.8 Å². The minimum atomic E-state index is -0.454. The summed E-state index contributed by atoms with van der Waals surface area (Å²) in [6.07, 6.45) is 0.997. The minimum absolute atomic E-state index is 0.106. The number of aryl methyl sites for hydroxylation is 2. The number of anilines is 1. The zero-order valence-corrected chi connectivity index (χ0v) is 17.8. The number of hydrogen-bond acceptors (Lipinski definition) is 5. The minimum Gasteiger partial charge on any atom is -0.482 e. The van der Waals surface area contributed by atoms with Gasteiger partial charge in [-0.2, -0.15) is 0 Å². The molecule has 0 aliphatic carbocycles. The predicted octanol–water partition coefficient (Wildman–Crippen LogP) is 3.18. The van der Waals surface area contributed by atoms with Crippen molar-refractivity contribution in [1.82, 2.24) is 9.13 Å². The summed E-state index contributed by atoms with van der Waals surface area (Å²) in [5.74, 6) is -0.226. The van der Waals surface area contributed by atoms with Crippen LogP contribution in [0, 0.1) is 0 Å². The SMILES string of the molecule is CCCn1c(=O)n(CCC(=O)Nc2cccc(OCC(=O)OCC)c2)c2ccccc21. The zero-order chi connectivity index (χ0) is 22.2. The number of hydrogen-bond donors (Lipinski definition) is 1. The number of rotatable bonds is 10. The predicted molar refractivity (Wildman–Crippen MR) is 118 cm³/mol. The van der Waals surface area contributed by atoms with E-state index < -0.39 is 5.97 Å². The first-order valence-electron chi connectivity index (χ1n) is 10.4. The Morgan fingerprint density at radius 2 is 1.68 bits per heavy atom. The van der Waals surface area contributed by atoms with Crippen molar-refractivity contribution in [3.8, 4) is 5.75 Å². The van der Waals surface area contributed by atoms with Crippen molar-refractivity contribution in [2.75, 3.05) is 18.5 Å². The number of nitrogens with zero attached hydrogens (tertiary/aromatic N) is 2. The number of carbonyl (C=O) groups is 2. The summed E-state index contributed by atoms with van der Waals surface area (Å²) < 4.78 is 13.6. The van der Waals surface area contributed by atoms with Gasteiger partial charge in [0.05, 0.1) is 17.6 Å². The molecule has 8 heteroatoms. The summed E-state index contributed by atoms with van der Waals surface area (Å²) in [5, 5.41) is 2.81. The number of esters is 1. The first kappa shape index (κ1) is 22.1. The Bertz CT molecular complexity index is 1120. The highest BCUT2D eigenvalue weighted by Crippen LogP contribution is 2.18. The van der Waals surface area contributed by atoms with Crippen LogP contribution in [-0.2, 0) is 27.4 Å². The van der Waals surface area contributed by atoms with Crippen LogP contribution in [0.15, 0.2) is 53.3 Å². The van der Waals surface area contributed by atoms with Gasteiger partial charge >= 0.3 is 11.7 Å². The van der Waals surface area contributed by atoms with Crippen molar-refractivity contribution in [3.05, 3.63) is 59.0 Å². The van der Waals surface area contributed by atoms with Gasteiger partial charge in [0.25, 0.3) is 0 Å². The molecular formula is C23H27N3O5. The molecule has 2 aromatic carbocycles. The molecule has 0 atom stereocenters. The molecule has 31 heavy (non-hydrogen) atoms. The molecule has 0 fully saturated rings. The van der Waals surface area contributed by atoms with E-state index in [-0.39, 0.29) is 31.2 Å². The standard InChI is InChI=1S/C23H27N3O5/c1-3-13-25-19-10-5-6-11-20(19)26(23(25)29)14-12-21(27)24-17-8-7-9-18(15-17)31-16-22(28)30-4-2/h5-11,15H,3-4,12-14,16H2,1-2H3,(H,24,27). The number of fused-ring (bicyclic) bond motifs is 1. The molecule has 1 aromatic heterocycles. The number of nitrogens with one attached hydrogen (secondary N) is 1. The molecule has 0 saturated carbocycles. The topological polar surface area (TPSA) is 91.6 Å². The molecule has 0 saturated heterocycles. The Hall–Kier alpha value is -3.55. The quantitative estimate of drug-likeness (QED) is 0.504. The smallest absolute Gasteiger partial charge is 0.344 e. The highest BCUT2D eigenvalue weighted by atomic mass is 16.6. The van der Waals surface area contributed by atoms with Crippen LogP contribution in [0.25, 0.3) is 11.0 Å². The summed E-state index contributed by atoms with van der Waals surface area (Å²) in [6.45, 7) is 4.76. The van der Waals surface area contributed by atoms with E-state index >= 15 is 0 Å². The van der Waals surface area contributed by atoms with Crippen LogP contribution in [-0.4, -0.2) is 34.2 Å². The number of ether oxygens (including phenoxy) is 2. The van der Waals surface area contributed by atoms with E-state index in [1.807, 2.05) is 31.2 Å². The van der Waals surface area contributed by atoms with Crippen LogP contribution in [0.5, 0.6) is 5.75 Å². The third-order valence-corrected chi connectivity index (χ3v) is 4.71. The Labute approximate surface area is 180 Å². The number of carbonyl (C=O) groups excluding carboxylic acids is 2. The molecule has 1 amide bonds. The van der Waals surface area contributed by atoms with Gasteiger partial charge in [0.15, 0.2) is 6.61 Å². The highest BCUT2D eigenvalue weighted by Gasteiger charge is 2.13. The largest absolute Gasteiger partial charge is 0.482 e. The molecular weight excluding hydrogens is 398 g/mol. The second kappa shape index (κ2) is 10.5. The van der Waals surface area contributed by atoms with Crippen molar-refractivity contribution >= 4 is 28.6 Å². The fraction of sp³-hybridized carbons (Fsp3) is 0.348. The highest BCUT2D eigenvalue weighted by molar-refractivity contribution is 5.91. The lowest BCUT2D eigenvalue weighted by molar-refractivity contribution is -0.145. The third kappa shape index (κ3) is 5.53. The van der Waals surface area contributed by atoms with E-state index in [9.17, 15) is 14.4 Å². The van der Waals surface area contributed by atoms with E-state index in [0.717, 1.165) is 17.5 Å². The van der Waals surface area contributed by atoms with Gasteiger partial charge in [-0.25, -0.2) is 9.59 Å². The number of imidazole rings is 1. The molecule has 0 bridgehead atoms. The van der Waals surface area contributed by atoms with Gasteiger partial charge in [-0.3, -0.25) is 13.9 Å². The van der Waals surface area contributed by atoms with Gasteiger partial charge in [-0.15, -0.1) is 0 Å². The first-order chi connectivity index (χ1) is 15.0. The van der Waals surface area contributed by atoms with Crippen LogP contribution >= 0.6 is 0 Å². The summed E-state index contributed by atoms with van der Waals surface area (Å²) in [5.41, 5.74) is 2.14. The Balaban J connectivity index is 1.64. The molecule has 3 aromatic rings. The van der Waals surface area contributed by atoms with E-state index in [1.165, 1.54) is 0 Å². The summed E-state index contributed by atoms with van der Waals surface area (Å²) >= 11 is 0. The van der Waals surface area contributed by atoms with Gasteiger partial charge in [0.2, 0.25) is 5.91 Å². The molecule has 8 nitrogen and oxygen atoms in total. The normalized spacial score (nSPS) is 10.8. The third-order valence-electron chi connectivity index (χ3n) is 4.71. The van der Waals surface area contributed by atoms with Gasteiger partial charge < -0.3 is 14.8 Å². The molecule has 164 valence electrons. The Morgan fingerprint density at radius 3 is 2.35 bits per heavy atom. The first-order valence-corrected chi connectivity index (χ1v) is 10.4. The average molecular weight is 425 g/mol. The average Bonchev–Trinajstić information content (AvgIpc) is 3.03. The van der Waals surface area contributed by atoms with E-state index in [0.29, 0.717) is 24.6 Å². The van der Waals surface area contributed by atoms with Crippen molar-refractivity contribution in [2.24, 2.45) is 0 Å². The van der Waals surface area contributed by atoms with Crippen LogP contribution in [0.3, 0.4) is 0 Å². The van der Waals surface area contributed by atoms with Crippen molar-refractivity contribution < 1.29 is 19.1 Å². The zero-order valence-electron chi connectivity index (χ0n) is 17.8. The van der Waals surface area contributed by atoms with Crippen molar-refractivity contribution in [3.63, 3.8) is 0 Å². The molecule has 3 rings (SSSR count).